The minimum absolute atomic E-state index is 0.0726. The normalized spacial score (nSPS) is 19.3. The van der Waals surface area contributed by atoms with Crippen molar-refractivity contribution in [1.29, 1.82) is 0 Å². The first-order valence-electron chi connectivity index (χ1n) is 10.3. The Labute approximate surface area is 173 Å². The molecule has 2 aromatic heterocycles. The maximum Gasteiger partial charge on any atom is 0.435 e. The van der Waals surface area contributed by atoms with Crippen molar-refractivity contribution >= 4 is 5.91 Å². The molecule has 164 valence electrons. The minimum Gasteiger partial charge on any atom is -0.338 e. The number of piperazine rings is 1. The molecule has 1 unspecified atom stereocenters. The second-order valence-corrected chi connectivity index (χ2v) is 8.36. The maximum atomic E-state index is 13.2. The monoisotopic (exact) mass is 424 g/mol. The molecule has 0 spiro atoms. The van der Waals surface area contributed by atoms with Crippen LogP contribution in [0.3, 0.4) is 0 Å². The van der Waals surface area contributed by atoms with Crippen LogP contribution in [0.15, 0.2) is 12.3 Å². The summed E-state index contributed by atoms with van der Waals surface area (Å²) in [6.45, 7) is 6.94. The van der Waals surface area contributed by atoms with E-state index >= 15 is 0 Å². The van der Waals surface area contributed by atoms with Crippen LogP contribution >= 0.6 is 0 Å². The van der Waals surface area contributed by atoms with Gasteiger partial charge in [0.1, 0.15) is 6.04 Å². The fourth-order valence-corrected chi connectivity index (χ4v) is 4.08. The van der Waals surface area contributed by atoms with Gasteiger partial charge in [-0.1, -0.05) is 0 Å². The predicted octanol–water partition coefficient (Wildman–Crippen LogP) is 2.73. The van der Waals surface area contributed by atoms with Crippen LogP contribution in [0.25, 0.3) is 0 Å². The lowest BCUT2D eigenvalue weighted by Crippen LogP contribution is -2.50. The van der Waals surface area contributed by atoms with Crippen molar-refractivity contribution in [1.82, 2.24) is 29.4 Å². The average Bonchev–Trinajstić information content (AvgIpc) is 3.34. The summed E-state index contributed by atoms with van der Waals surface area (Å²) in [5, 5.41) is 8.12. The number of aryl methyl sites for hydroxylation is 2. The number of carbonyl (C=O) groups excluding carboxylic acids is 1. The predicted molar refractivity (Wildman–Crippen MR) is 104 cm³/mol. The van der Waals surface area contributed by atoms with E-state index in [0.717, 1.165) is 49.8 Å². The third-order valence-corrected chi connectivity index (χ3v) is 5.97. The fraction of sp³-hybridized carbons (Fsp3) is 0.650. The van der Waals surface area contributed by atoms with Gasteiger partial charge in [0, 0.05) is 63.1 Å². The molecule has 1 aliphatic heterocycles. The number of aromatic nitrogens is 4. The highest BCUT2D eigenvalue weighted by atomic mass is 19.4. The van der Waals surface area contributed by atoms with E-state index in [1.165, 1.54) is 4.68 Å². The van der Waals surface area contributed by atoms with Gasteiger partial charge in [-0.25, -0.2) is 0 Å². The van der Waals surface area contributed by atoms with Crippen molar-refractivity contribution in [3.8, 4) is 0 Å². The van der Waals surface area contributed by atoms with Crippen LogP contribution < -0.4 is 0 Å². The van der Waals surface area contributed by atoms with Gasteiger partial charge >= 0.3 is 6.18 Å². The quantitative estimate of drug-likeness (QED) is 0.741. The number of amides is 1. The van der Waals surface area contributed by atoms with E-state index in [2.05, 4.69) is 15.1 Å². The molecule has 1 saturated carbocycles. The van der Waals surface area contributed by atoms with Gasteiger partial charge in [-0.2, -0.15) is 23.4 Å². The molecule has 0 bridgehead atoms. The van der Waals surface area contributed by atoms with Crippen LogP contribution in [0, 0.1) is 6.92 Å². The van der Waals surface area contributed by atoms with Crippen LogP contribution in [0.1, 0.15) is 54.4 Å². The van der Waals surface area contributed by atoms with E-state index in [1.807, 2.05) is 20.2 Å². The molecule has 4 rings (SSSR count). The Balaban J connectivity index is 1.41. The van der Waals surface area contributed by atoms with Crippen molar-refractivity contribution in [2.45, 2.75) is 51.4 Å². The second kappa shape index (κ2) is 7.72. The first-order valence-corrected chi connectivity index (χ1v) is 10.3. The summed E-state index contributed by atoms with van der Waals surface area (Å²) in [4.78, 5) is 17.0. The third kappa shape index (κ3) is 4.23. The Hall–Kier alpha value is -2.36. The number of carbonyl (C=O) groups is 1. The SMILES string of the molecule is Cc1nn(C)cc1CN1CCN(C(=O)C(C)n2nc(C(F)(F)F)cc2C2CC2)CC1. The van der Waals surface area contributed by atoms with Gasteiger partial charge in [0.2, 0.25) is 5.91 Å². The maximum absolute atomic E-state index is 13.2. The summed E-state index contributed by atoms with van der Waals surface area (Å²) >= 11 is 0. The number of hydrogen-bond acceptors (Lipinski definition) is 4. The van der Waals surface area contributed by atoms with Crippen molar-refractivity contribution in [3.05, 3.63) is 34.9 Å². The molecule has 1 aliphatic carbocycles. The number of hydrogen-bond donors (Lipinski definition) is 0. The van der Waals surface area contributed by atoms with Crippen molar-refractivity contribution < 1.29 is 18.0 Å². The fourth-order valence-electron chi connectivity index (χ4n) is 4.08. The van der Waals surface area contributed by atoms with E-state index in [0.29, 0.717) is 18.8 Å². The lowest BCUT2D eigenvalue weighted by Gasteiger charge is -2.36. The standard InChI is InChI=1S/C20H27F3N6O/c1-13-16(11-26(3)24-13)12-27-6-8-28(9-7-27)19(30)14(2)29-17(15-4-5-15)10-18(25-29)20(21,22)23/h10-11,14-15H,4-9,12H2,1-3H3. The van der Waals surface area contributed by atoms with E-state index in [4.69, 9.17) is 0 Å². The van der Waals surface area contributed by atoms with Gasteiger partial charge in [0.25, 0.3) is 0 Å². The highest BCUT2D eigenvalue weighted by Crippen LogP contribution is 2.43. The van der Waals surface area contributed by atoms with Crippen molar-refractivity contribution in [3.63, 3.8) is 0 Å². The van der Waals surface area contributed by atoms with Crippen molar-refractivity contribution in [2.75, 3.05) is 26.2 Å². The van der Waals surface area contributed by atoms with E-state index in [1.54, 1.807) is 16.5 Å². The Bertz CT molecular complexity index is 922. The zero-order chi connectivity index (χ0) is 21.6. The number of halogens is 3. The number of alkyl halides is 3. The smallest absolute Gasteiger partial charge is 0.338 e. The van der Waals surface area contributed by atoms with Gasteiger partial charge in [0.15, 0.2) is 5.69 Å². The summed E-state index contributed by atoms with van der Waals surface area (Å²) in [6.07, 6.45) is -0.815. The zero-order valence-electron chi connectivity index (χ0n) is 17.5. The molecular formula is C20H27F3N6O. The van der Waals surface area contributed by atoms with E-state index in [9.17, 15) is 18.0 Å². The molecule has 30 heavy (non-hydrogen) atoms. The average molecular weight is 424 g/mol. The van der Waals surface area contributed by atoms with E-state index < -0.39 is 17.9 Å². The summed E-state index contributed by atoms with van der Waals surface area (Å²) in [5.41, 5.74) is 1.77. The van der Waals surface area contributed by atoms with Gasteiger partial charge in [-0.05, 0) is 32.8 Å². The zero-order valence-corrected chi connectivity index (χ0v) is 17.5. The number of nitrogens with zero attached hydrogens (tertiary/aromatic N) is 6. The van der Waals surface area contributed by atoms with Gasteiger partial charge in [-0.15, -0.1) is 0 Å². The molecule has 2 aliphatic rings. The Morgan fingerprint density at radius 2 is 1.87 bits per heavy atom. The Kier molecular flexibility index (Phi) is 5.37. The first kappa shape index (κ1) is 20.9. The molecule has 0 N–H and O–H groups in total. The molecule has 3 heterocycles. The largest absolute Gasteiger partial charge is 0.435 e. The molecule has 2 aromatic rings. The van der Waals surface area contributed by atoms with Crippen LogP contribution in [0.2, 0.25) is 0 Å². The van der Waals surface area contributed by atoms with Crippen molar-refractivity contribution in [2.24, 2.45) is 7.05 Å². The molecule has 2 fully saturated rings. The highest BCUT2D eigenvalue weighted by Gasteiger charge is 2.39. The van der Waals surface area contributed by atoms with Crippen LogP contribution in [0.5, 0.6) is 0 Å². The molecule has 10 heteroatoms. The third-order valence-electron chi connectivity index (χ3n) is 5.97. The molecule has 1 amide bonds. The summed E-state index contributed by atoms with van der Waals surface area (Å²) < 4.78 is 42.6. The van der Waals surface area contributed by atoms with Crippen LogP contribution in [-0.2, 0) is 24.6 Å². The van der Waals surface area contributed by atoms with Gasteiger partial charge < -0.3 is 4.90 Å². The molecule has 7 nitrogen and oxygen atoms in total. The Morgan fingerprint density at radius 3 is 2.40 bits per heavy atom. The Morgan fingerprint density at radius 1 is 1.20 bits per heavy atom. The highest BCUT2D eigenvalue weighted by molar-refractivity contribution is 5.80. The lowest BCUT2D eigenvalue weighted by molar-refractivity contribution is -0.143. The summed E-state index contributed by atoms with van der Waals surface area (Å²) in [6, 6.07) is 0.360. The molecule has 0 radical (unpaired) electrons. The van der Waals surface area contributed by atoms with Crippen LogP contribution in [0.4, 0.5) is 13.2 Å². The first-order chi connectivity index (χ1) is 14.1. The molecular weight excluding hydrogens is 397 g/mol. The lowest BCUT2D eigenvalue weighted by atomic mass is 10.2. The van der Waals surface area contributed by atoms with Crippen LogP contribution in [-0.4, -0.2) is 61.4 Å². The topological polar surface area (TPSA) is 59.2 Å². The van der Waals surface area contributed by atoms with Gasteiger partial charge in [-0.3, -0.25) is 19.1 Å². The second-order valence-electron chi connectivity index (χ2n) is 8.36. The summed E-state index contributed by atoms with van der Waals surface area (Å²) in [5.74, 6) is -0.102. The molecule has 0 aromatic carbocycles. The van der Waals surface area contributed by atoms with E-state index in [-0.39, 0.29) is 11.8 Å². The summed E-state index contributed by atoms with van der Waals surface area (Å²) in [7, 11) is 1.89. The molecule has 1 atom stereocenters. The minimum atomic E-state index is -4.51. The number of rotatable bonds is 5. The molecule has 1 saturated heterocycles. The van der Waals surface area contributed by atoms with Gasteiger partial charge in [0.05, 0.1) is 5.69 Å².